The number of rotatable bonds is 5. The lowest BCUT2D eigenvalue weighted by molar-refractivity contribution is -0.127. The molecule has 1 atom stereocenters. The van der Waals surface area contributed by atoms with Gasteiger partial charge in [-0.15, -0.1) is 0 Å². The lowest BCUT2D eigenvalue weighted by Crippen LogP contribution is -2.29. The number of Topliss-reactive ketones (excluding diaryl/α,β-unsaturated/α-hetero) is 1. The smallest absolute Gasteiger partial charge is 0.360 e. The number of esters is 1. The summed E-state index contributed by atoms with van der Waals surface area (Å²) in [4.78, 5) is 27.5. The molecule has 1 saturated carbocycles. The molecule has 0 radical (unpaired) electrons. The van der Waals surface area contributed by atoms with E-state index in [4.69, 9.17) is 4.74 Å². The fraction of sp³-hybridized carbons (Fsp3) is 0.353. The van der Waals surface area contributed by atoms with E-state index in [9.17, 15) is 14.0 Å². The molecule has 1 fully saturated rings. The second-order valence-corrected chi connectivity index (χ2v) is 5.82. The quantitative estimate of drug-likeness (QED) is 0.796. The van der Waals surface area contributed by atoms with Crippen molar-refractivity contribution in [2.75, 3.05) is 0 Å². The molecule has 1 aromatic heterocycles. The maximum atomic E-state index is 14.0. The number of ether oxygens (including phenoxy) is 1. The summed E-state index contributed by atoms with van der Waals surface area (Å²) in [5, 5.41) is 0. The van der Waals surface area contributed by atoms with Crippen LogP contribution in [-0.4, -0.2) is 26.9 Å². The van der Waals surface area contributed by atoms with Crippen LogP contribution in [0.5, 0.6) is 0 Å². The molecule has 0 N–H and O–H groups in total. The van der Waals surface area contributed by atoms with E-state index in [0.717, 1.165) is 5.56 Å². The van der Waals surface area contributed by atoms with Crippen molar-refractivity contribution in [2.45, 2.75) is 38.3 Å². The van der Waals surface area contributed by atoms with Crippen molar-refractivity contribution in [1.82, 2.24) is 9.55 Å². The molecule has 0 amide bonds. The average Bonchev–Trinajstić information content (AvgIpc) is 3.22. The predicted molar refractivity (Wildman–Crippen MR) is 80.5 cm³/mol. The number of ketones is 1. The molecule has 0 unspecified atom stereocenters. The Labute approximate surface area is 133 Å². The van der Waals surface area contributed by atoms with Gasteiger partial charge in [0.05, 0.1) is 12.4 Å². The molecule has 0 bridgehead atoms. The Kier molecular flexibility index (Phi) is 3.75. The van der Waals surface area contributed by atoms with E-state index in [0.29, 0.717) is 12.8 Å². The van der Waals surface area contributed by atoms with E-state index < -0.39 is 17.5 Å². The number of halogens is 1. The maximum absolute atomic E-state index is 14.0. The highest BCUT2D eigenvalue weighted by Crippen LogP contribution is 2.41. The minimum Gasteiger partial charge on any atom is -0.446 e. The second-order valence-electron chi connectivity index (χ2n) is 5.82. The van der Waals surface area contributed by atoms with E-state index in [1.807, 2.05) is 37.3 Å². The van der Waals surface area contributed by atoms with Crippen molar-refractivity contribution in [1.29, 1.82) is 0 Å². The number of carbonyl (C=O) groups is 2. The van der Waals surface area contributed by atoms with E-state index in [1.165, 1.54) is 17.8 Å². The first kappa shape index (κ1) is 15.4. The third-order valence-electron chi connectivity index (χ3n) is 4.28. The van der Waals surface area contributed by atoms with Gasteiger partial charge in [-0.3, -0.25) is 4.79 Å². The molecule has 6 heteroatoms. The first-order chi connectivity index (χ1) is 10.9. The number of nitrogens with zero attached hydrogens (tertiary/aromatic N) is 2. The standard InChI is InChI=1S/C17H17FN2O3/c1-11(13-6-4-3-5-7-13)20-10-19-15(18)14(20)16(22)23-17(8-9-17)12(2)21/h3-7,10-11H,8-9H2,1-2H3/t11-/m1/s1. The van der Waals surface area contributed by atoms with Crippen LogP contribution < -0.4 is 0 Å². The van der Waals surface area contributed by atoms with Crippen LogP contribution in [0.25, 0.3) is 0 Å². The Morgan fingerprint density at radius 2 is 1.96 bits per heavy atom. The molecule has 1 aliphatic rings. The number of imidazole rings is 1. The highest BCUT2D eigenvalue weighted by atomic mass is 19.1. The van der Waals surface area contributed by atoms with Gasteiger partial charge < -0.3 is 9.30 Å². The largest absolute Gasteiger partial charge is 0.446 e. The lowest BCUT2D eigenvalue weighted by atomic mass is 10.1. The molecule has 1 aliphatic carbocycles. The van der Waals surface area contributed by atoms with Gasteiger partial charge in [0.2, 0.25) is 5.95 Å². The Hall–Kier alpha value is -2.50. The van der Waals surface area contributed by atoms with Crippen molar-refractivity contribution in [3.63, 3.8) is 0 Å². The lowest BCUT2D eigenvalue weighted by Gasteiger charge is -2.18. The molecule has 23 heavy (non-hydrogen) atoms. The summed E-state index contributed by atoms with van der Waals surface area (Å²) < 4.78 is 20.7. The molecule has 1 aromatic carbocycles. The minimum absolute atomic E-state index is 0.214. The van der Waals surface area contributed by atoms with Crippen molar-refractivity contribution >= 4 is 11.8 Å². The zero-order valence-electron chi connectivity index (χ0n) is 13.0. The summed E-state index contributed by atoms with van der Waals surface area (Å²) in [6.45, 7) is 3.21. The fourth-order valence-electron chi connectivity index (χ4n) is 2.58. The van der Waals surface area contributed by atoms with Gasteiger partial charge in [-0.25, -0.2) is 9.78 Å². The van der Waals surface area contributed by atoms with Crippen molar-refractivity contribution in [3.8, 4) is 0 Å². The SMILES string of the molecule is CC(=O)C1(OC(=O)c2c(F)ncn2[C@H](C)c2ccccc2)CC1. The van der Waals surface area contributed by atoms with Crippen LogP contribution in [0.3, 0.4) is 0 Å². The summed E-state index contributed by atoms with van der Waals surface area (Å²) in [5.74, 6) is -1.96. The molecule has 3 rings (SSSR count). The van der Waals surface area contributed by atoms with E-state index in [2.05, 4.69) is 4.98 Å². The molecular weight excluding hydrogens is 299 g/mol. The van der Waals surface area contributed by atoms with Crippen LogP contribution in [0.1, 0.15) is 48.8 Å². The van der Waals surface area contributed by atoms with E-state index in [1.54, 1.807) is 0 Å². The molecule has 2 aromatic rings. The molecule has 5 nitrogen and oxygen atoms in total. The number of carbonyl (C=O) groups excluding carboxylic acids is 2. The van der Waals surface area contributed by atoms with Gasteiger partial charge >= 0.3 is 5.97 Å². The number of aromatic nitrogens is 2. The van der Waals surface area contributed by atoms with Crippen molar-refractivity contribution in [3.05, 3.63) is 53.9 Å². The Balaban J connectivity index is 1.90. The average molecular weight is 316 g/mol. The van der Waals surface area contributed by atoms with Gasteiger partial charge in [0.1, 0.15) is 0 Å². The van der Waals surface area contributed by atoms with Crippen LogP contribution in [0.2, 0.25) is 0 Å². The summed E-state index contributed by atoms with van der Waals surface area (Å²) in [7, 11) is 0. The summed E-state index contributed by atoms with van der Waals surface area (Å²) >= 11 is 0. The van der Waals surface area contributed by atoms with Crippen LogP contribution in [0.4, 0.5) is 4.39 Å². The monoisotopic (exact) mass is 316 g/mol. The normalized spacial score (nSPS) is 16.7. The second kappa shape index (κ2) is 5.61. The zero-order chi connectivity index (χ0) is 16.6. The minimum atomic E-state index is -1.07. The van der Waals surface area contributed by atoms with Crippen LogP contribution in [-0.2, 0) is 9.53 Å². The number of hydrogen-bond acceptors (Lipinski definition) is 4. The zero-order valence-corrected chi connectivity index (χ0v) is 13.0. The third kappa shape index (κ3) is 2.76. The maximum Gasteiger partial charge on any atom is 0.360 e. The van der Waals surface area contributed by atoms with Gasteiger partial charge in [0, 0.05) is 0 Å². The van der Waals surface area contributed by atoms with E-state index >= 15 is 0 Å². The van der Waals surface area contributed by atoms with Gasteiger partial charge in [0.25, 0.3) is 0 Å². The first-order valence-electron chi connectivity index (χ1n) is 7.46. The third-order valence-corrected chi connectivity index (χ3v) is 4.28. The van der Waals surface area contributed by atoms with Crippen LogP contribution in [0, 0.1) is 5.95 Å². The van der Waals surface area contributed by atoms with Crippen molar-refractivity contribution in [2.24, 2.45) is 0 Å². The molecule has 0 saturated heterocycles. The summed E-state index contributed by atoms with van der Waals surface area (Å²) in [6.07, 6.45) is 2.24. The van der Waals surface area contributed by atoms with Gasteiger partial charge in [-0.2, -0.15) is 4.39 Å². The van der Waals surface area contributed by atoms with Crippen molar-refractivity contribution < 1.29 is 18.7 Å². The van der Waals surface area contributed by atoms with E-state index in [-0.39, 0.29) is 17.5 Å². The summed E-state index contributed by atoms with van der Waals surface area (Å²) in [6, 6.07) is 9.09. The predicted octanol–water partition coefficient (Wildman–Crippen LogP) is 2.91. The van der Waals surface area contributed by atoms with Gasteiger partial charge in [-0.1, -0.05) is 30.3 Å². The molecular formula is C17H17FN2O3. The topological polar surface area (TPSA) is 61.2 Å². The van der Waals surface area contributed by atoms with Gasteiger partial charge in [0.15, 0.2) is 17.1 Å². The number of hydrogen-bond donors (Lipinski definition) is 0. The Bertz CT molecular complexity index is 750. The molecule has 0 aliphatic heterocycles. The Morgan fingerprint density at radius 1 is 1.30 bits per heavy atom. The highest BCUT2D eigenvalue weighted by Gasteiger charge is 2.52. The van der Waals surface area contributed by atoms with Gasteiger partial charge in [-0.05, 0) is 32.3 Å². The highest BCUT2D eigenvalue weighted by molar-refractivity contribution is 5.94. The molecule has 0 spiro atoms. The molecule has 1 heterocycles. The first-order valence-corrected chi connectivity index (χ1v) is 7.46. The van der Waals surface area contributed by atoms with Crippen LogP contribution >= 0.6 is 0 Å². The Morgan fingerprint density at radius 3 is 2.52 bits per heavy atom. The fourth-order valence-corrected chi connectivity index (χ4v) is 2.58. The number of benzene rings is 1. The summed E-state index contributed by atoms with van der Waals surface area (Å²) in [5.41, 5.74) is -0.422. The van der Waals surface area contributed by atoms with Crippen LogP contribution in [0.15, 0.2) is 36.7 Å². The molecule has 120 valence electrons.